The molecule has 2 aromatic rings. The van der Waals surface area contributed by atoms with Crippen LogP contribution in [0, 0.1) is 0 Å². The summed E-state index contributed by atoms with van der Waals surface area (Å²) in [5, 5.41) is 6.86. The molecule has 3 aliphatic heterocycles. The van der Waals surface area contributed by atoms with Crippen LogP contribution in [-0.2, 0) is 4.79 Å². The smallest absolute Gasteiger partial charge is 0.340 e. The highest BCUT2D eigenvalue weighted by molar-refractivity contribution is 6.30. The number of halogens is 1. The third-order valence-corrected chi connectivity index (χ3v) is 6.14. The molecule has 3 aliphatic rings. The topological polar surface area (TPSA) is 89.2 Å². The first-order chi connectivity index (χ1) is 15.5. The zero-order valence-electron chi connectivity index (χ0n) is 17.4. The van der Waals surface area contributed by atoms with Gasteiger partial charge >= 0.3 is 6.03 Å². The third-order valence-electron chi connectivity index (χ3n) is 5.89. The van der Waals surface area contributed by atoms with E-state index >= 15 is 0 Å². The summed E-state index contributed by atoms with van der Waals surface area (Å²) < 4.78 is 5.27. The van der Waals surface area contributed by atoms with Gasteiger partial charge in [-0.05, 0) is 36.2 Å². The number of anilines is 1. The average Bonchev–Trinajstić information content (AvgIpc) is 3.36. The SMILES string of the molecule is COc1ccccc1NC(=O)CN1NC2C3CC(c4ccc(Cl)cc4)NN3C=CN2C1=O. The van der Waals surface area contributed by atoms with Crippen molar-refractivity contribution in [2.45, 2.75) is 24.7 Å². The Bertz CT molecular complexity index is 1060. The molecule has 0 bridgehead atoms. The minimum atomic E-state index is -0.320. The maximum absolute atomic E-state index is 12.9. The van der Waals surface area contributed by atoms with Crippen LogP contribution < -0.4 is 20.9 Å². The lowest BCUT2D eigenvalue weighted by Gasteiger charge is -2.34. The van der Waals surface area contributed by atoms with Gasteiger partial charge in [-0.2, -0.15) is 0 Å². The molecule has 32 heavy (non-hydrogen) atoms. The zero-order valence-corrected chi connectivity index (χ0v) is 18.1. The van der Waals surface area contributed by atoms with Gasteiger partial charge in [0.25, 0.3) is 0 Å². The second-order valence-electron chi connectivity index (χ2n) is 7.84. The number of ether oxygens (including phenoxy) is 1. The molecule has 3 atom stereocenters. The molecule has 0 aromatic heterocycles. The Kier molecular flexibility index (Phi) is 5.38. The highest BCUT2D eigenvalue weighted by atomic mass is 35.5. The van der Waals surface area contributed by atoms with Crippen LogP contribution in [-0.4, -0.2) is 52.7 Å². The van der Waals surface area contributed by atoms with Crippen LogP contribution in [0.4, 0.5) is 10.5 Å². The number of carbonyl (C=O) groups is 2. The second-order valence-corrected chi connectivity index (χ2v) is 8.28. The third kappa shape index (κ3) is 3.75. The van der Waals surface area contributed by atoms with Gasteiger partial charge in [0.2, 0.25) is 5.91 Å². The summed E-state index contributed by atoms with van der Waals surface area (Å²) in [5.41, 5.74) is 8.36. The van der Waals surface area contributed by atoms with Crippen molar-refractivity contribution in [2.75, 3.05) is 19.0 Å². The maximum atomic E-state index is 12.9. The van der Waals surface area contributed by atoms with Gasteiger partial charge in [-0.3, -0.25) is 9.69 Å². The van der Waals surface area contributed by atoms with Crippen molar-refractivity contribution in [3.8, 4) is 5.75 Å². The summed E-state index contributed by atoms with van der Waals surface area (Å²) in [4.78, 5) is 27.1. The standard InChI is InChI=1S/C22H23ClN6O3/c1-32-19-5-3-2-4-16(19)24-20(30)13-29-22(31)27-10-11-28-18(21(27)26-29)12-17(25-28)14-6-8-15(23)9-7-14/h2-11,17-18,21,25-26H,12-13H2,1H3,(H,24,30). The van der Waals surface area contributed by atoms with E-state index < -0.39 is 0 Å². The molecule has 166 valence electrons. The molecule has 5 rings (SSSR count). The molecule has 2 saturated heterocycles. The lowest BCUT2D eigenvalue weighted by atomic mass is 10.00. The van der Waals surface area contributed by atoms with Crippen LogP contribution in [0.25, 0.3) is 0 Å². The fourth-order valence-electron chi connectivity index (χ4n) is 4.33. The first-order valence-corrected chi connectivity index (χ1v) is 10.7. The number of amides is 3. The minimum absolute atomic E-state index is 0.00640. The van der Waals surface area contributed by atoms with Crippen molar-refractivity contribution in [2.24, 2.45) is 0 Å². The Morgan fingerprint density at radius 3 is 2.72 bits per heavy atom. The molecule has 3 N–H and O–H groups in total. The number of hydrogen-bond donors (Lipinski definition) is 3. The quantitative estimate of drug-likeness (QED) is 0.643. The highest BCUT2D eigenvalue weighted by Crippen LogP contribution is 2.35. The van der Waals surface area contributed by atoms with Crippen molar-refractivity contribution in [1.82, 2.24) is 25.8 Å². The highest BCUT2D eigenvalue weighted by Gasteiger charge is 2.48. The number of hydrogen-bond acceptors (Lipinski definition) is 6. The van der Waals surface area contributed by atoms with E-state index in [2.05, 4.69) is 16.2 Å². The molecule has 2 fully saturated rings. The van der Waals surface area contributed by atoms with Crippen molar-refractivity contribution in [3.63, 3.8) is 0 Å². The van der Waals surface area contributed by atoms with Crippen molar-refractivity contribution >= 4 is 29.2 Å². The van der Waals surface area contributed by atoms with Crippen molar-refractivity contribution < 1.29 is 14.3 Å². The number of benzene rings is 2. The first kappa shape index (κ1) is 20.6. The van der Waals surface area contributed by atoms with Gasteiger partial charge in [-0.25, -0.2) is 20.7 Å². The minimum Gasteiger partial charge on any atom is -0.495 e. The monoisotopic (exact) mass is 454 g/mol. The van der Waals surface area contributed by atoms with E-state index in [-0.39, 0.29) is 36.7 Å². The molecular weight excluding hydrogens is 432 g/mol. The molecule has 0 spiro atoms. The summed E-state index contributed by atoms with van der Waals surface area (Å²) in [6.07, 6.45) is 4.09. The fourth-order valence-corrected chi connectivity index (χ4v) is 4.45. The van der Waals surface area contributed by atoms with Crippen LogP contribution >= 0.6 is 11.6 Å². The number of hydrazine groups is 2. The maximum Gasteiger partial charge on any atom is 0.340 e. The summed E-state index contributed by atoms with van der Waals surface area (Å²) >= 11 is 6.01. The number of rotatable bonds is 5. The number of methoxy groups -OCH3 is 1. The number of fused-ring (bicyclic) bond motifs is 3. The van der Waals surface area contributed by atoms with Crippen molar-refractivity contribution in [3.05, 3.63) is 71.5 Å². The second kappa shape index (κ2) is 8.34. The molecule has 0 saturated carbocycles. The van der Waals surface area contributed by atoms with E-state index in [4.69, 9.17) is 16.3 Å². The zero-order chi connectivity index (χ0) is 22.2. The Morgan fingerprint density at radius 2 is 1.94 bits per heavy atom. The number of para-hydroxylation sites is 2. The normalized spacial score (nSPS) is 23.9. The molecule has 3 heterocycles. The summed E-state index contributed by atoms with van der Waals surface area (Å²) in [7, 11) is 1.54. The van der Waals surface area contributed by atoms with Crippen molar-refractivity contribution in [1.29, 1.82) is 0 Å². The van der Waals surface area contributed by atoms with Crippen LogP contribution in [0.5, 0.6) is 5.75 Å². The van der Waals surface area contributed by atoms with Crippen LogP contribution in [0.15, 0.2) is 60.9 Å². The first-order valence-electron chi connectivity index (χ1n) is 10.3. The van der Waals surface area contributed by atoms with E-state index in [1.165, 1.54) is 5.01 Å². The van der Waals surface area contributed by atoms with E-state index in [1.807, 2.05) is 41.5 Å². The number of carbonyl (C=O) groups excluding carboxylic acids is 2. The molecule has 10 heteroatoms. The largest absolute Gasteiger partial charge is 0.495 e. The Balaban J connectivity index is 1.25. The van der Waals surface area contributed by atoms with Gasteiger partial charge in [-0.15, -0.1) is 0 Å². The molecule has 3 amide bonds. The molecule has 9 nitrogen and oxygen atoms in total. The predicted octanol–water partition coefficient (Wildman–Crippen LogP) is 2.66. The van der Waals surface area contributed by atoms with E-state index in [0.717, 1.165) is 12.0 Å². The molecule has 0 aliphatic carbocycles. The summed E-state index contributed by atoms with van der Waals surface area (Å²) in [6.45, 7) is -0.127. The average molecular weight is 455 g/mol. The fraction of sp³-hybridized carbons (Fsp3) is 0.273. The van der Waals surface area contributed by atoms with Crippen LogP contribution in [0.1, 0.15) is 18.0 Å². The lowest BCUT2D eigenvalue weighted by Crippen LogP contribution is -2.54. The summed E-state index contributed by atoms with van der Waals surface area (Å²) in [5.74, 6) is 0.238. The van der Waals surface area contributed by atoms with Crippen LogP contribution in [0.2, 0.25) is 5.02 Å². The van der Waals surface area contributed by atoms with E-state index in [1.54, 1.807) is 36.4 Å². The van der Waals surface area contributed by atoms with Gasteiger partial charge in [0.1, 0.15) is 18.5 Å². The molecule has 3 unspecified atom stereocenters. The lowest BCUT2D eigenvalue weighted by molar-refractivity contribution is -0.117. The van der Waals surface area contributed by atoms with Gasteiger partial charge < -0.3 is 15.1 Å². The molecule has 0 radical (unpaired) electrons. The Morgan fingerprint density at radius 1 is 1.16 bits per heavy atom. The van der Waals surface area contributed by atoms with Gasteiger partial charge in [0, 0.05) is 17.4 Å². The van der Waals surface area contributed by atoms with E-state index in [9.17, 15) is 9.59 Å². The molecule has 2 aromatic carbocycles. The predicted molar refractivity (Wildman–Crippen MR) is 119 cm³/mol. The van der Waals surface area contributed by atoms with Crippen LogP contribution in [0.3, 0.4) is 0 Å². The number of nitrogens with one attached hydrogen (secondary N) is 3. The van der Waals surface area contributed by atoms with Gasteiger partial charge in [0.15, 0.2) is 0 Å². The number of nitrogens with zero attached hydrogens (tertiary/aromatic N) is 3. The van der Waals surface area contributed by atoms with Gasteiger partial charge in [-0.1, -0.05) is 35.9 Å². The Labute approximate surface area is 190 Å². The summed E-state index contributed by atoms with van der Waals surface area (Å²) in [6, 6.07) is 14.7. The van der Waals surface area contributed by atoms with Gasteiger partial charge in [0.05, 0.1) is 24.9 Å². The Hall–Kier alpha value is -3.27. The number of urea groups is 1. The van der Waals surface area contributed by atoms with E-state index in [0.29, 0.717) is 16.5 Å². The molecular formula is C22H23ClN6O3.